The highest BCUT2D eigenvalue weighted by Crippen LogP contribution is 2.27. The van der Waals surface area contributed by atoms with Crippen LogP contribution in [0.2, 0.25) is 0 Å². The normalized spacial score (nSPS) is 10.9. The van der Waals surface area contributed by atoms with E-state index in [0.717, 1.165) is 12.0 Å². The second-order valence-corrected chi connectivity index (χ2v) is 5.85. The van der Waals surface area contributed by atoms with Crippen molar-refractivity contribution in [3.63, 3.8) is 0 Å². The molecule has 0 aliphatic heterocycles. The number of aliphatic imine (C=N–C) groups is 1. The molecule has 7 nitrogen and oxygen atoms in total. The molecule has 0 heterocycles. The molecule has 0 radical (unpaired) electrons. The molecule has 0 atom stereocenters. The monoisotopic (exact) mass is 388 g/mol. The Kier molecular flexibility index (Phi) is 8.08. The largest absolute Gasteiger partial charge is 0.493 e. The number of halogens is 1. The number of carbonyl (C=O) groups is 1. The van der Waals surface area contributed by atoms with Crippen LogP contribution in [0, 0.1) is 5.82 Å². The Hall–Kier alpha value is -3.29. The van der Waals surface area contributed by atoms with Crippen LogP contribution >= 0.6 is 0 Å². The Morgan fingerprint density at radius 2 is 1.86 bits per heavy atom. The highest BCUT2D eigenvalue weighted by Gasteiger charge is 2.07. The van der Waals surface area contributed by atoms with Gasteiger partial charge in [0.2, 0.25) is 5.91 Å². The average Bonchev–Trinajstić information content (AvgIpc) is 2.70. The molecule has 0 bridgehead atoms. The zero-order valence-electron chi connectivity index (χ0n) is 16.2. The number of hydrogen-bond donors (Lipinski definition) is 3. The number of nitrogens with zero attached hydrogens (tertiary/aromatic N) is 1. The van der Waals surface area contributed by atoms with Crippen molar-refractivity contribution in [1.29, 1.82) is 0 Å². The molecule has 8 heteroatoms. The van der Waals surface area contributed by atoms with Gasteiger partial charge in [-0.3, -0.25) is 9.79 Å². The summed E-state index contributed by atoms with van der Waals surface area (Å²) in [6.07, 6.45) is 0.733. The molecule has 0 aliphatic carbocycles. The molecule has 150 valence electrons. The minimum absolute atomic E-state index is 0.00649. The summed E-state index contributed by atoms with van der Waals surface area (Å²) in [5.74, 6) is 1.15. The summed E-state index contributed by atoms with van der Waals surface area (Å²) in [6, 6.07) is 11.5. The second kappa shape index (κ2) is 10.8. The smallest absolute Gasteiger partial charge is 0.243 e. The van der Waals surface area contributed by atoms with Crippen molar-refractivity contribution in [2.45, 2.75) is 6.42 Å². The lowest BCUT2D eigenvalue weighted by atomic mass is 10.1. The number of methoxy groups -OCH3 is 2. The Labute approximate surface area is 164 Å². The molecule has 3 N–H and O–H groups in total. The zero-order valence-corrected chi connectivity index (χ0v) is 16.2. The van der Waals surface area contributed by atoms with Gasteiger partial charge in [-0.25, -0.2) is 4.39 Å². The first-order valence-electron chi connectivity index (χ1n) is 8.76. The van der Waals surface area contributed by atoms with Gasteiger partial charge in [0.05, 0.1) is 20.8 Å². The van der Waals surface area contributed by atoms with E-state index in [-0.39, 0.29) is 12.5 Å². The molecule has 0 saturated heterocycles. The van der Waals surface area contributed by atoms with Crippen LogP contribution < -0.4 is 25.4 Å². The van der Waals surface area contributed by atoms with Crippen molar-refractivity contribution in [3.8, 4) is 11.5 Å². The van der Waals surface area contributed by atoms with Gasteiger partial charge in [-0.1, -0.05) is 12.1 Å². The third-order valence-corrected chi connectivity index (χ3v) is 3.90. The van der Waals surface area contributed by atoms with E-state index in [4.69, 9.17) is 9.47 Å². The SMILES string of the molecule is CN=C(NCCc1ccc(OC)c(OC)c1)NCC(=O)Nc1cccc(F)c1. The standard InChI is InChI=1S/C20H25FN4O3/c1-22-20(24-13-19(26)25-16-6-4-5-15(21)12-16)23-10-9-14-7-8-17(27-2)18(11-14)28-3/h4-8,11-12H,9-10,13H2,1-3H3,(H,25,26)(H2,22,23,24). The third-order valence-electron chi connectivity index (χ3n) is 3.90. The van der Waals surface area contributed by atoms with E-state index in [1.165, 1.54) is 18.2 Å². The van der Waals surface area contributed by atoms with E-state index in [1.54, 1.807) is 27.3 Å². The quantitative estimate of drug-likeness (QED) is 0.477. The third kappa shape index (κ3) is 6.46. The van der Waals surface area contributed by atoms with Gasteiger partial charge < -0.3 is 25.4 Å². The summed E-state index contributed by atoms with van der Waals surface area (Å²) in [4.78, 5) is 16.0. The minimum Gasteiger partial charge on any atom is -0.493 e. The van der Waals surface area contributed by atoms with Crippen molar-refractivity contribution in [2.24, 2.45) is 4.99 Å². The van der Waals surface area contributed by atoms with E-state index < -0.39 is 5.82 Å². The van der Waals surface area contributed by atoms with Crippen LogP contribution in [-0.2, 0) is 11.2 Å². The zero-order chi connectivity index (χ0) is 20.4. The number of hydrogen-bond acceptors (Lipinski definition) is 4. The molecular formula is C20H25FN4O3. The summed E-state index contributed by atoms with van der Waals surface area (Å²) >= 11 is 0. The molecule has 2 rings (SSSR count). The number of amides is 1. The first-order chi connectivity index (χ1) is 13.5. The summed E-state index contributed by atoms with van der Waals surface area (Å²) in [5.41, 5.74) is 1.48. The van der Waals surface area contributed by atoms with Gasteiger partial charge in [-0.2, -0.15) is 0 Å². The molecule has 28 heavy (non-hydrogen) atoms. The van der Waals surface area contributed by atoms with E-state index >= 15 is 0 Å². The van der Waals surface area contributed by atoms with E-state index in [2.05, 4.69) is 20.9 Å². The fourth-order valence-electron chi connectivity index (χ4n) is 2.52. The van der Waals surface area contributed by atoms with Crippen LogP contribution in [0.15, 0.2) is 47.5 Å². The van der Waals surface area contributed by atoms with Crippen molar-refractivity contribution >= 4 is 17.6 Å². The van der Waals surface area contributed by atoms with Crippen LogP contribution in [0.5, 0.6) is 11.5 Å². The highest BCUT2D eigenvalue weighted by molar-refractivity contribution is 5.94. The summed E-state index contributed by atoms with van der Waals surface area (Å²) in [7, 11) is 4.82. The maximum absolute atomic E-state index is 13.1. The molecule has 2 aromatic carbocycles. The Morgan fingerprint density at radius 1 is 1.07 bits per heavy atom. The number of guanidine groups is 1. The molecule has 0 spiro atoms. The molecule has 0 aromatic heterocycles. The number of nitrogens with one attached hydrogen (secondary N) is 3. The van der Waals surface area contributed by atoms with Gasteiger partial charge in [-0.05, 0) is 42.3 Å². The Balaban J connectivity index is 1.77. The topological polar surface area (TPSA) is 84.0 Å². The maximum Gasteiger partial charge on any atom is 0.243 e. The average molecular weight is 388 g/mol. The number of ether oxygens (including phenoxy) is 2. The van der Waals surface area contributed by atoms with Gasteiger partial charge in [0, 0.05) is 19.3 Å². The Bertz CT molecular complexity index is 827. The van der Waals surface area contributed by atoms with Crippen molar-refractivity contribution in [1.82, 2.24) is 10.6 Å². The molecular weight excluding hydrogens is 363 g/mol. The van der Waals surface area contributed by atoms with Crippen LogP contribution in [0.1, 0.15) is 5.56 Å². The van der Waals surface area contributed by atoms with Gasteiger partial charge in [0.1, 0.15) is 5.82 Å². The molecule has 0 fully saturated rings. The highest BCUT2D eigenvalue weighted by atomic mass is 19.1. The maximum atomic E-state index is 13.1. The molecule has 0 saturated carbocycles. The van der Waals surface area contributed by atoms with E-state index in [1.807, 2.05) is 18.2 Å². The second-order valence-electron chi connectivity index (χ2n) is 5.85. The van der Waals surface area contributed by atoms with Gasteiger partial charge in [-0.15, -0.1) is 0 Å². The van der Waals surface area contributed by atoms with E-state index in [0.29, 0.717) is 29.7 Å². The van der Waals surface area contributed by atoms with Crippen LogP contribution in [-0.4, -0.2) is 46.2 Å². The molecule has 1 amide bonds. The van der Waals surface area contributed by atoms with Crippen LogP contribution in [0.3, 0.4) is 0 Å². The molecule has 0 unspecified atom stereocenters. The lowest BCUT2D eigenvalue weighted by molar-refractivity contribution is -0.115. The van der Waals surface area contributed by atoms with Gasteiger partial charge in [0.25, 0.3) is 0 Å². The molecule has 2 aromatic rings. The fourth-order valence-corrected chi connectivity index (χ4v) is 2.52. The van der Waals surface area contributed by atoms with Crippen LogP contribution in [0.25, 0.3) is 0 Å². The summed E-state index contributed by atoms with van der Waals surface area (Å²) < 4.78 is 23.7. The first-order valence-corrected chi connectivity index (χ1v) is 8.76. The van der Waals surface area contributed by atoms with Gasteiger partial charge >= 0.3 is 0 Å². The van der Waals surface area contributed by atoms with Crippen molar-refractivity contribution in [2.75, 3.05) is 39.7 Å². The number of benzene rings is 2. The lowest BCUT2D eigenvalue weighted by Gasteiger charge is -2.13. The lowest BCUT2D eigenvalue weighted by Crippen LogP contribution is -2.42. The van der Waals surface area contributed by atoms with Crippen LogP contribution in [0.4, 0.5) is 10.1 Å². The van der Waals surface area contributed by atoms with E-state index in [9.17, 15) is 9.18 Å². The number of carbonyl (C=O) groups excluding carboxylic acids is 1. The number of anilines is 1. The minimum atomic E-state index is -0.404. The molecule has 0 aliphatic rings. The summed E-state index contributed by atoms with van der Waals surface area (Å²) in [6.45, 7) is 0.618. The predicted octanol–water partition coefficient (Wildman–Crippen LogP) is 2.19. The first kappa shape index (κ1) is 21.0. The van der Waals surface area contributed by atoms with Crippen molar-refractivity contribution in [3.05, 3.63) is 53.8 Å². The summed E-state index contributed by atoms with van der Waals surface area (Å²) in [5, 5.41) is 8.68. The Morgan fingerprint density at radius 3 is 2.54 bits per heavy atom. The van der Waals surface area contributed by atoms with Crippen molar-refractivity contribution < 1.29 is 18.7 Å². The van der Waals surface area contributed by atoms with Gasteiger partial charge in [0.15, 0.2) is 17.5 Å². The number of rotatable bonds is 8. The predicted molar refractivity (Wildman–Crippen MR) is 108 cm³/mol. The fraction of sp³-hybridized carbons (Fsp3) is 0.300.